The summed E-state index contributed by atoms with van der Waals surface area (Å²) in [5.74, 6) is 4.47. The Balaban J connectivity index is 1.26. The lowest BCUT2D eigenvalue weighted by Crippen LogP contribution is -2.56. The standard InChI is InChI=1S/C30H16B2O3S/c1-3-11-23-17(7-1)19-9-5-12-24-29(19)31(35-23)21-15-22-27(16-26(21)33-24)34-25-13-6-10-20-18-8-2-4-14-28(18)36-32(22)30(20)25/h1-16H. The van der Waals surface area contributed by atoms with Gasteiger partial charge in [0.15, 0.2) is 0 Å². The van der Waals surface area contributed by atoms with Crippen molar-refractivity contribution in [3.8, 4) is 51.0 Å². The summed E-state index contributed by atoms with van der Waals surface area (Å²) in [5.41, 5.74) is 9.37. The number of fused-ring (bicyclic) bond motifs is 8. The highest BCUT2D eigenvalue weighted by atomic mass is 32.2. The molecule has 0 spiro atoms. The van der Waals surface area contributed by atoms with Crippen LogP contribution in [0.3, 0.4) is 0 Å². The molecule has 3 nitrogen and oxygen atoms in total. The number of ether oxygens (including phenoxy) is 2. The van der Waals surface area contributed by atoms with Gasteiger partial charge in [-0.1, -0.05) is 66.7 Å². The third kappa shape index (κ3) is 2.42. The van der Waals surface area contributed by atoms with Gasteiger partial charge in [0.25, 0.3) is 5.99 Å². The summed E-state index contributed by atoms with van der Waals surface area (Å²) in [7, 11) is 0. The summed E-state index contributed by atoms with van der Waals surface area (Å²) >= 11 is 1.90. The van der Waals surface area contributed by atoms with Crippen molar-refractivity contribution in [2.45, 2.75) is 4.90 Å². The van der Waals surface area contributed by atoms with Crippen molar-refractivity contribution in [2.24, 2.45) is 0 Å². The number of hydrogen-bond donors (Lipinski definition) is 0. The Hall–Kier alpha value is -4.02. The normalized spacial score (nSPS) is 14.6. The minimum Gasteiger partial charge on any atom is -0.551 e. The maximum atomic E-state index is 6.66. The molecule has 36 heavy (non-hydrogen) atoms. The Labute approximate surface area is 213 Å². The number of hydrogen-bond acceptors (Lipinski definition) is 4. The first-order valence-electron chi connectivity index (χ1n) is 12.1. The third-order valence-corrected chi connectivity index (χ3v) is 8.98. The average molecular weight is 478 g/mol. The maximum Gasteiger partial charge on any atom is 0.434 e. The summed E-state index contributed by atoms with van der Waals surface area (Å²) in [6, 6.07) is 33.8. The van der Waals surface area contributed by atoms with Crippen LogP contribution in [0.4, 0.5) is 0 Å². The fourth-order valence-electron chi connectivity index (χ4n) is 6.09. The maximum absolute atomic E-state index is 6.66. The molecule has 0 unspecified atom stereocenters. The van der Waals surface area contributed by atoms with E-state index < -0.39 is 0 Å². The van der Waals surface area contributed by atoms with E-state index in [1.54, 1.807) is 0 Å². The predicted octanol–water partition coefficient (Wildman–Crippen LogP) is 4.94. The van der Waals surface area contributed by atoms with E-state index in [-0.39, 0.29) is 12.9 Å². The largest absolute Gasteiger partial charge is 0.551 e. The van der Waals surface area contributed by atoms with Crippen molar-refractivity contribution in [1.29, 1.82) is 0 Å². The second-order valence-electron chi connectivity index (χ2n) is 9.55. The van der Waals surface area contributed by atoms with Gasteiger partial charge in [-0.05, 0) is 51.9 Å². The highest BCUT2D eigenvalue weighted by molar-refractivity contribution is 8.28. The van der Waals surface area contributed by atoms with Gasteiger partial charge in [0.2, 0.25) is 0 Å². The molecule has 9 rings (SSSR count). The van der Waals surface area contributed by atoms with E-state index in [0.29, 0.717) is 0 Å². The Kier molecular flexibility index (Phi) is 3.63. The Morgan fingerprint density at radius 3 is 2.00 bits per heavy atom. The van der Waals surface area contributed by atoms with Gasteiger partial charge in [-0.3, -0.25) is 0 Å². The highest BCUT2D eigenvalue weighted by Gasteiger charge is 2.44. The van der Waals surface area contributed by atoms with Crippen molar-refractivity contribution in [3.05, 3.63) is 97.1 Å². The number of para-hydroxylation sites is 1. The average Bonchev–Trinajstić information content (AvgIpc) is 2.92. The van der Waals surface area contributed by atoms with Crippen LogP contribution in [0.2, 0.25) is 0 Å². The van der Waals surface area contributed by atoms with Crippen LogP contribution in [0.5, 0.6) is 28.7 Å². The Bertz CT molecular complexity index is 1660. The molecule has 5 aromatic rings. The number of rotatable bonds is 0. The zero-order valence-electron chi connectivity index (χ0n) is 19.0. The molecule has 0 N–H and O–H groups in total. The SMILES string of the molecule is c1ccc2c(c1)OB1c3cc4c(cc3Oc3cccc-2c31)Oc1cccc2c1B4Sc1ccccc1-2. The van der Waals surface area contributed by atoms with Gasteiger partial charge in [-0.25, -0.2) is 0 Å². The second-order valence-corrected chi connectivity index (χ2v) is 10.7. The molecule has 0 fully saturated rings. The molecule has 0 atom stereocenters. The lowest BCUT2D eigenvalue weighted by atomic mass is 9.49. The van der Waals surface area contributed by atoms with E-state index in [1.165, 1.54) is 32.5 Å². The van der Waals surface area contributed by atoms with Gasteiger partial charge in [0.1, 0.15) is 28.7 Å². The van der Waals surface area contributed by atoms with Crippen molar-refractivity contribution < 1.29 is 14.1 Å². The molecule has 0 saturated heterocycles. The van der Waals surface area contributed by atoms with E-state index in [4.69, 9.17) is 14.1 Å². The monoisotopic (exact) mass is 478 g/mol. The molecule has 166 valence electrons. The molecule has 6 heteroatoms. The van der Waals surface area contributed by atoms with Gasteiger partial charge in [-0.2, -0.15) is 11.6 Å². The molecule has 0 radical (unpaired) electrons. The van der Waals surface area contributed by atoms with Crippen molar-refractivity contribution in [2.75, 3.05) is 0 Å². The van der Waals surface area contributed by atoms with Gasteiger partial charge in [0, 0.05) is 27.5 Å². The first-order valence-corrected chi connectivity index (χ1v) is 13.0. The first-order chi connectivity index (χ1) is 17.8. The zero-order valence-corrected chi connectivity index (χ0v) is 19.8. The van der Waals surface area contributed by atoms with Crippen molar-refractivity contribution in [3.63, 3.8) is 0 Å². The molecule has 0 aromatic heterocycles. The van der Waals surface area contributed by atoms with Crippen LogP contribution in [0.25, 0.3) is 22.3 Å². The van der Waals surface area contributed by atoms with Crippen molar-refractivity contribution in [1.82, 2.24) is 0 Å². The zero-order chi connectivity index (χ0) is 23.4. The molecule has 4 heterocycles. The van der Waals surface area contributed by atoms with E-state index in [9.17, 15) is 0 Å². The summed E-state index contributed by atoms with van der Waals surface area (Å²) in [4.78, 5) is 1.30. The molecule has 0 bridgehead atoms. The van der Waals surface area contributed by atoms with Crippen LogP contribution in [-0.2, 0) is 0 Å². The lowest BCUT2D eigenvalue weighted by molar-refractivity contribution is 0.462. The molecular formula is C30H16B2O3S. The first kappa shape index (κ1) is 19.2. The minimum atomic E-state index is -0.224. The van der Waals surface area contributed by atoms with E-state index in [2.05, 4.69) is 84.9 Å². The lowest BCUT2D eigenvalue weighted by Gasteiger charge is -2.36. The molecule has 0 saturated carbocycles. The molecule has 4 aliphatic rings. The fourth-order valence-corrected chi connectivity index (χ4v) is 7.48. The van der Waals surface area contributed by atoms with Crippen LogP contribution in [0.1, 0.15) is 0 Å². The van der Waals surface area contributed by atoms with Gasteiger partial charge in [0.05, 0.1) is 0 Å². The fraction of sp³-hybridized carbons (Fsp3) is 0. The molecule has 4 aliphatic heterocycles. The molecule has 0 amide bonds. The highest BCUT2D eigenvalue weighted by Crippen LogP contribution is 2.44. The van der Waals surface area contributed by atoms with Crippen LogP contribution >= 0.6 is 11.6 Å². The molecular weight excluding hydrogens is 462 g/mol. The van der Waals surface area contributed by atoms with Gasteiger partial charge in [-0.15, -0.1) is 0 Å². The minimum absolute atomic E-state index is 0.146. The van der Waals surface area contributed by atoms with E-state index >= 15 is 0 Å². The van der Waals surface area contributed by atoms with E-state index in [1.807, 2.05) is 23.7 Å². The number of benzene rings is 5. The summed E-state index contributed by atoms with van der Waals surface area (Å²) in [6.45, 7) is -0.224. The molecule has 0 aliphatic carbocycles. The summed E-state index contributed by atoms with van der Waals surface area (Å²) in [6.07, 6.45) is 0. The summed E-state index contributed by atoms with van der Waals surface area (Å²) in [5, 5.41) is 0. The topological polar surface area (TPSA) is 27.7 Å². The van der Waals surface area contributed by atoms with Crippen molar-refractivity contribution >= 4 is 46.4 Å². The van der Waals surface area contributed by atoms with Crippen LogP contribution < -0.4 is 36.0 Å². The van der Waals surface area contributed by atoms with Crippen LogP contribution in [0, 0.1) is 0 Å². The third-order valence-electron chi connectivity index (χ3n) is 7.65. The van der Waals surface area contributed by atoms with Gasteiger partial charge >= 0.3 is 6.92 Å². The Morgan fingerprint density at radius 2 is 1.14 bits per heavy atom. The predicted molar refractivity (Wildman–Crippen MR) is 147 cm³/mol. The quantitative estimate of drug-likeness (QED) is 0.295. The smallest absolute Gasteiger partial charge is 0.434 e. The second kappa shape index (κ2) is 6.80. The Morgan fingerprint density at radius 1 is 0.500 bits per heavy atom. The van der Waals surface area contributed by atoms with E-state index in [0.717, 1.165) is 45.2 Å². The molecule has 5 aromatic carbocycles. The van der Waals surface area contributed by atoms with Crippen LogP contribution in [-0.4, -0.2) is 12.9 Å². The van der Waals surface area contributed by atoms with Gasteiger partial charge < -0.3 is 14.1 Å². The summed E-state index contributed by atoms with van der Waals surface area (Å²) < 4.78 is 19.7. The van der Waals surface area contributed by atoms with Crippen LogP contribution in [0.15, 0.2) is 102 Å².